The lowest BCUT2D eigenvalue weighted by molar-refractivity contribution is -0.386. The minimum atomic E-state index is -0.813. The smallest absolute Gasteiger partial charge is 0.323 e. The van der Waals surface area contributed by atoms with Crippen molar-refractivity contribution < 1.29 is 33.6 Å². The van der Waals surface area contributed by atoms with Crippen LogP contribution in [0.5, 0.6) is 23.0 Å². The Morgan fingerprint density at radius 3 is 1.13 bits per heavy atom. The first-order chi connectivity index (χ1) is 21.8. The number of urea groups is 1. The van der Waals surface area contributed by atoms with E-state index >= 15 is 0 Å². The SMILES string of the molecule is CC[C@@H](C)COc1cc(OC[C@H](C)CC)c([N+](=O)[O-])cc1NC(=O)Nc1cc([N+](=O)[O-])c(OC[C@H](C)CC)cc1OC[C@H](C)CC. The third-order valence-electron chi connectivity index (χ3n) is 7.89. The number of nitro benzene ring substituents is 2. The number of nitrogens with zero attached hydrogens (tertiary/aromatic N) is 2. The van der Waals surface area contributed by atoms with Crippen molar-refractivity contribution in [2.45, 2.75) is 81.1 Å². The number of ether oxygens (including phenoxy) is 4. The number of nitro groups is 2. The van der Waals surface area contributed by atoms with Crippen molar-refractivity contribution in [2.75, 3.05) is 37.1 Å². The Balaban J connectivity index is 2.51. The largest absolute Gasteiger partial charge is 0.491 e. The van der Waals surface area contributed by atoms with Gasteiger partial charge >= 0.3 is 17.4 Å². The van der Waals surface area contributed by atoms with Crippen molar-refractivity contribution in [1.82, 2.24) is 0 Å². The fourth-order valence-corrected chi connectivity index (χ4v) is 3.73. The van der Waals surface area contributed by atoms with Crippen LogP contribution in [0, 0.1) is 43.9 Å². The van der Waals surface area contributed by atoms with E-state index in [0.29, 0.717) is 13.2 Å². The van der Waals surface area contributed by atoms with Crippen LogP contribution in [0.1, 0.15) is 81.1 Å². The molecule has 0 aliphatic heterocycles. The van der Waals surface area contributed by atoms with Crippen molar-refractivity contribution in [1.29, 1.82) is 0 Å². The van der Waals surface area contributed by atoms with Crippen LogP contribution in [0.2, 0.25) is 0 Å². The van der Waals surface area contributed by atoms with Crippen LogP contribution in [0.3, 0.4) is 0 Å². The van der Waals surface area contributed by atoms with Gasteiger partial charge in [-0.25, -0.2) is 4.79 Å². The molecule has 0 saturated heterocycles. The molecular formula is C33H50N4O9. The summed E-state index contributed by atoms with van der Waals surface area (Å²) in [4.78, 5) is 36.2. The molecule has 0 aliphatic rings. The van der Waals surface area contributed by atoms with Gasteiger partial charge in [-0.1, -0.05) is 81.1 Å². The van der Waals surface area contributed by atoms with E-state index in [4.69, 9.17) is 18.9 Å². The molecule has 256 valence electrons. The Kier molecular flexibility index (Phi) is 15.3. The van der Waals surface area contributed by atoms with Gasteiger partial charge in [0.05, 0.1) is 47.6 Å². The molecule has 13 heteroatoms. The van der Waals surface area contributed by atoms with Gasteiger partial charge in [-0.3, -0.25) is 20.2 Å². The predicted octanol–water partition coefficient (Wildman–Crippen LogP) is 8.85. The third kappa shape index (κ3) is 11.6. The summed E-state index contributed by atoms with van der Waals surface area (Å²) in [7, 11) is 0. The topological polar surface area (TPSA) is 164 Å². The Morgan fingerprint density at radius 1 is 0.587 bits per heavy atom. The van der Waals surface area contributed by atoms with E-state index in [-0.39, 0.29) is 82.6 Å². The number of carbonyl (C=O) groups excluding carboxylic acids is 1. The molecule has 2 amide bonds. The van der Waals surface area contributed by atoms with Crippen LogP contribution in [0.15, 0.2) is 24.3 Å². The normalized spacial score (nSPS) is 13.6. The van der Waals surface area contributed by atoms with E-state index in [1.54, 1.807) is 0 Å². The minimum Gasteiger partial charge on any atom is -0.491 e. The fourth-order valence-electron chi connectivity index (χ4n) is 3.73. The highest BCUT2D eigenvalue weighted by Crippen LogP contribution is 2.41. The standard InChI is InChI=1S/C33H50N4O9/c1-9-21(5)17-43-29-15-31(45-19-23(7)11-3)27(36(39)40)13-25(29)34-33(38)35-26-14-28(37(41)42)32(46-20-24(8)12-4)16-30(26)44-18-22(6)10-2/h13-16,21-24H,9-12,17-20H2,1-8H3,(H2,34,35,38)/t21-,22-,23-,24-/m1/s1. The number of rotatable bonds is 20. The number of carbonyl (C=O) groups is 1. The number of hydrogen-bond acceptors (Lipinski definition) is 9. The molecule has 2 rings (SSSR count). The van der Waals surface area contributed by atoms with Crippen molar-refractivity contribution in [3.05, 3.63) is 44.5 Å². The van der Waals surface area contributed by atoms with Gasteiger partial charge in [0.25, 0.3) is 0 Å². The first kappa shape index (κ1) is 37.9. The Bertz CT molecular complexity index is 1220. The van der Waals surface area contributed by atoms with Crippen LogP contribution in [-0.4, -0.2) is 42.3 Å². The van der Waals surface area contributed by atoms with Gasteiger partial charge in [0, 0.05) is 24.3 Å². The number of nitrogens with one attached hydrogen (secondary N) is 2. The second-order valence-electron chi connectivity index (χ2n) is 12.0. The van der Waals surface area contributed by atoms with Crippen molar-refractivity contribution >= 4 is 28.8 Å². The van der Waals surface area contributed by atoms with Crippen molar-refractivity contribution in [3.63, 3.8) is 0 Å². The Hall–Kier alpha value is -4.29. The highest BCUT2D eigenvalue weighted by molar-refractivity contribution is 6.02. The summed E-state index contributed by atoms with van der Waals surface area (Å²) in [6.45, 7) is 17.1. The third-order valence-corrected chi connectivity index (χ3v) is 7.89. The highest BCUT2D eigenvalue weighted by atomic mass is 16.6. The molecule has 2 N–H and O–H groups in total. The molecule has 46 heavy (non-hydrogen) atoms. The summed E-state index contributed by atoms with van der Waals surface area (Å²) in [5, 5.41) is 29.2. The molecule has 0 aromatic heterocycles. The van der Waals surface area contributed by atoms with Crippen molar-refractivity contribution in [2.24, 2.45) is 23.7 Å². The summed E-state index contributed by atoms with van der Waals surface area (Å²) >= 11 is 0. The lowest BCUT2D eigenvalue weighted by Gasteiger charge is -2.19. The number of anilines is 2. The van der Waals surface area contributed by atoms with Gasteiger partial charge in [-0.15, -0.1) is 0 Å². The molecular weight excluding hydrogens is 596 g/mol. The number of amides is 2. The van der Waals surface area contributed by atoms with Gasteiger partial charge in [0.1, 0.15) is 11.5 Å². The maximum atomic E-state index is 13.4. The molecule has 0 saturated carbocycles. The van der Waals surface area contributed by atoms with Gasteiger partial charge in [-0.05, 0) is 23.7 Å². The van der Waals surface area contributed by atoms with Gasteiger partial charge < -0.3 is 29.6 Å². The molecule has 0 aliphatic carbocycles. The molecule has 0 heterocycles. The molecule has 2 aromatic rings. The van der Waals surface area contributed by atoms with Gasteiger partial charge in [0.2, 0.25) is 11.5 Å². The maximum absolute atomic E-state index is 13.4. The van der Waals surface area contributed by atoms with Gasteiger partial charge in [0.15, 0.2) is 0 Å². The molecule has 0 unspecified atom stereocenters. The van der Waals surface area contributed by atoms with E-state index in [1.807, 2.05) is 55.4 Å². The van der Waals surface area contributed by atoms with E-state index in [1.165, 1.54) is 24.3 Å². The fraction of sp³-hybridized carbons (Fsp3) is 0.606. The summed E-state index contributed by atoms with van der Waals surface area (Å²) in [5.74, 6) is 1.11. The first-order valence-electron chi connectivity index (χ1n) is 16.1. The zero-order valence-corrected chi connectivity index (χ0v) is 28.3. The average molecular weight is 647 g/mol. The number of hydrogen-bond donors (Lipinski definition) is 2. The monoisotopic (exact) mass is 646 g/mol. The van der Waals surface area contributed by atoms with Crippen LogP contribution < -0.4 is 29.6 Å². The Morgan fingerprint density at radius 2 is 0.870 bits per heavy atom. The van der Waals surface area contributed by atoms with Crippen LogP contribution >= 0.6 is 0 Å². The highest BCUT2D eigenvalue weighted by Gasteiger charge is 2.25. The summed E-state index contributed by atoms with van der Waals surface area (Å²) < 4.78 is 23.6. The quantitative estimate of drug-likeness (QED) is 0.106. The molecule has 4 atom stereocenters. The molecule has 13 nitrogen and oxygen atoms in total. The molecule has 0 radical (unpaired) electrons. The zero-order chi connectivity index (χ0) is 34.4. The molecule has 0 bridgehead atoms. The lowest BCUT2D eigenvalue weighted by Crippen LogP contribution is -2.21. The number of benzene rings is 2. The van der Waals surface area contributed by atoms with E-state index in [0.717, 1.165) is 25.7 Å². The maximum Gasteiger partial charge on any atom is 0.323 e. The average Bonchev–Trinajstić information content (AvgIpc) is 3.04. The molecule has 0 fully saturated rings. The van der Waals surface area contributed by atoms with E-state index in [9.17, 15) is 25.0 Å². The summed E-state index contributed by atoms with van der Waals surface area (Å²) in [5.41, 5.74) is -0.613. The predicted molar refractivity (Wildman–Crippen MR) is 179 cm³/mol. The van der Waals surface area contributed by atoms with Crippen molar-refractivity contribution in [3.8, 4) is 23.0 Å². The molecule has 0 spiro atoms. The van der Waals surface area contributed by atoms with Gasteiger partial charge in [-0.2, -0.15) is 0 Å². The van der Waals surface area contributed by atoms with E-state index in [2.05, 4.69) is 10.6 Å². The second kappa shape index (κ2) is 18.6. The zero-order valence-electron chi connectivity index (χ0n) is 28.3. The Labute approximate surface area is 271 Å². The lowest BCUT2D eigenvalue weighted by atomic mass is 10.1. The summed E-state index contributed by atoms with van der Waals surface area (Å²) in [6.07, 6.45) is 3.33. The first-order valence-corrected chi connectivity index (χ1v) is 16.1. The molecule has 2 aromatic carbocycles. The van der Waals surface area contributed by atoms with Crippen LogP contribution in [0.25, 0.3) is 0 Å². The second-order valence-corrected chi connectivity index (χ2v) is 12.0. The van der Waals surface area contributed by atoms with Crippen LogP contribution in [-0.2, 0) is 0 Å². The summed E-state index contributed by atoms with van der Waals surface area (Å²) in [6, 6.07) is 4.38. The van der Waals surface area contributed by atoms with Crippen LogP contribution in [0.4, 0.5) is 27.5 Å². The van der Waals surface area contributed by atoms with E-state index < -0.39 is 15.9 Å². The minimum absolute atomic E-state index is 0.0275.